The van der Waals surface area contributed by atoms with Crippen LogP contribution in [0, 0.1) is 6.92 Å². The standard InChI is InChI=1S/C17H25N3S/c1-4-12-20-17(10-11-19-20)16(18-5-2)13-21-15-8-6-14(3)7-9-15/h6-11,16,18H,4-5,12-13H2,1-3H3. The molecule has 4 heteroatoms. The quantitative estimate of drug-likeness (QED) is 0.746. The number of rotatable bonds is 8. The minimum atomic E-state index is 0.343. The lowest BCUT2D eigenvalue weighted by Gasteiger charge is -2.19. The summed E-state index contributed by atoms with van der Waals surface area (Å²) >= 11 is 1.90. The second kappa shape index (κ2) is 8.25. The topological polar surface area (TPSA) is 29.9 Å². The summed E-state index contributed by atoms with van der Waals surface area (Å²) in [7, 11) is 0. The van der Waals surface area contributed by atoms with Crippen molar-refractivity contribution in [3.05, 3.63) is 47.8 Å². The van der Waals surface area contributed by atoms with Crippen LogP contribution in [0.2, 0.25) is 0 Å². The third-order valence-corrected chi connectivity index (χ3v) is 4.54. The van der Waals surface area contributed by atoms with Crippen LogP contribution in [0.15, 0.2) is 41.4 Å². The molecule has 0 radical (unpaired) electrons. The number of hydrogen-bond acceptors (Lipinski definition) is 3. The van der Waals surface area contributed by atoms with E-state index >= 15 is 0 Å². The smallest absolute Gasteiger partial charge is 0.0587 e. The van der Waals surface area contributed by atoms with Crippen LogP contribution in [0.4, 0.5) is 0 Å². The van der Waals surface area contributed by atoms with Gasteiger partial charge in [-0.2, -0.15) is 5.10 Å². The van der Waals surface area contributed by atoms with Crippen molar-refractivity contribution < 1.29 is 0 Å². The maximum atomic E-state index is 4.44. The molecular weight excluding hydrogens is 278 g/mol. The number of aryl methyl sites for hydroxylation is 2. The molecule has 2 aromatic rings. The van der Waals surface area contributed by atoms with E-state index < -0.39 is 0 Å². The molecule has 0 fully saturated rings. The Kier molecular flexibility index (Phi) is 6.33. The normalized spacial score (nSPS) is 12.5. The van der Waals surface area contributed by atoms with Crippen LogP contribution in [-0.4, -0.2) is 22.1 Å². The van der Waals surface area contributed by atoms with Crippen LogP contribution in [-0.2, 0) is 6.54 Å². The first-order valence-electron chi connectivity index (χ1n) is 7.69. The van der Waals surface area contributed by atoms with Crippen LogP contribution in [0.25, 0.3) is 0 Å². The van der Waals surface area contributed by atoms with Crippen molar-refractivity contribution in [3.8, 4) is 0 Å². The molecule has 2 rings (SSSR count). The van der Waals surface area contributed by atoms with Gasteiger partial charge in [-0.3, -0.25) is 4.68 Å². The van der Waals surface area contributed by atoms with Crippen molar-refractivity contribution in [1.82, 2.24) is 15.1 Å². The zero-order chi connectivity index (χ0) is 15.1. The highest BCUT2D eigenvalue weighted by molar-refractivity contribution is 7.99. The molecule has 1 unspecified atom stereocenters. The molecule has 1 heterocycles. The monoisotopic (exact) mass is 303 g/mol. The average Bonchev–Trinajstić information content (AvgIpc) is 2.94. The molecule has 0 aliphatic carbocycles. The van der Waals surface area contributed by atoms with Crippen LogP contribution < -0.4 is 5.32 Å². The van der Waals surface area contributed by atoms with Crippen molar-refractivity contribution in [3.63, 3.8) is 0 Å². The van der Waals surface area contributed by atoms with Crippen LogP contribution in [0.3, 0.4) is 0 Å². The van der Waals surface area contributed by atoms with Gasteiger partial charge in [0.1, 0.15) is 0 Å². The van der Waals surface area contributed by atoms with Crippen LogP contribution >= 0.6 is 11.8 Å². The lowest BCUT2D eigenvalue weighted by atomic mass is 10.2. The molecule has 0 aliphatic rings. The molecule has 1 aromatic heterocycles. The van der Waals surface area contributed by atoms with E-state index in [1.165, 1.54) is 16.2 Å². The molecule has 0 aliphatic heterocycles. The third-order valence-electron chi connectivity index (χ3n) is 3.43. The fourth-order valence-electron chi connectivity index (χ4n) is 2.35. The molecule has 1 aromatic carbocycles. The van der Waals surface area contributed by atoms with Gasteiger partial charge in [0.15, 0.2) is 0 Å². The Morgan fingerprint density at radius 1 is 1.19 bits per heavy atom. The Hall–Kier alpha value is -1.26. The zero-order valence-electron chi connectivity index (χ0n) is 13.2. The molecule has 0 bridgehead atoms. The molecule has 0 spiro atoms. The van der Waals surface area contributed by atoms with E-state index in [1.807, 2.05) is 18.0 Å². The van der Waals surface area contributed by atoms with Gasteiger partial charge in [-0.05, 0) is 38.1 Å². The van der Waals surface area contributed by atoms with Crippen LogP contribution in [0.1, 0.15) is 37.6 Å². The van der Waals surface area contributed by atoms with Crippen molar-refractivity contribution in [1.29, 1.82) is 0 Å². The average molecular weight is 303 g/mol. The maximum absolute atomic E-state index is 4.44. The molecule has 0 saturated carbocycles. The van der Waals surface area contributed by atoms with E-state index in [9.17, 15) is 0 Å². The molecule has 21 heavy (non-hydrogen) atoms. The van der Waals surface area contributed by atoms with Crippen molar-refractivity contribution >= 4 is 11.8 Å². The first-order valence-corrected chi connectivity index (χ1v) is 8.67. The van der Waals surface area contributed by atoms with Gasteiger partial charge in [-0.15, -0.1) is 11.8 Å². The predicted molar refractivity (Wildman–Crippen MR) is 90.8 cm³/mol. The van der Waals surface area contributed by atoms with Gasteiger partial charge in [0, 0.05) is 23.4 Å². The second-order valence-electron chi connectivity index (χ2n) is 5.21. The highest BCUT2D eigenvalue weighted by Gasteiger charge is 2.15. The Bertz CT molecular complexity index is 533. The summed E-state index contributed by atoms with van der Waals surface area (Å²) in [4.78, 5) is 1.32. The summed E-state index contributed by atoms with van der Waals surface area (Å²) in [5, 5.41) is 8.03. The van der Waals surface area contributed by atoms with Gasteiger partial charge in [-0.1, -0.05) is 31.5 Å². The van der Waals surface area contributed by atoms with E-state index in [1.54, 1.807) is 0 Å². The number of aromatic nitrogens is 2. The molecule has 1 atom stereocenters. The van der Waals surface area contributed by atoms with E-state index in [2.05, 4.69) is 66.2 Å². The summed E-state index contributed by atoms with van der Waals surface area (Å²) in [5.74, 6) is 1.02. The second-order valence-corrected chi connectivity index (χ2v) is 6.31. The minimum absolute atomic E-state index is 0.343. The Balaban J connectivity index is 2.04. The number of thioether (sulfide) groups is 1. The van der Waals surface area contributed by atoms with Crippen molar-refractivity contribution in [2.75, 3.05) is 12.3 Å². The first-order chi connectivity index (χ1) is 10.2. The van der Waals surface area contributed by atoms with Gasteiger partial charge >= 0.3 is 0 Å². The minimum Gasteiger partial charge on any atom is -0.308 e. The van der Waals surface area contributed by atoms with Crippen LogP contribution in [0.5, 0.6) is 0 Å². The number of hydrogen-bond donors (Lipinski definition) is 1. The van der Waals surface area contributed by atoms with Gasteiger partial charge in [0.25, 0.3) is 0 Å². The summed E-state index contributed by atoms with van der Waals surface area (Å²) in [6.07, 6.45) is 3.02. The van der Waals surface area contributed by atoms with E-state index in [4.69, 9.17) is 0 Å². The number of benzene rings is 1. The third kappa shape index (κ3) is 4.61. The molecule has 0 saturated heterocycles. The number of nitrogens with one attached hydrogen (secondary N) is 1. The molecular formula is C17H25N3S. The van der Waals surface area contributed by atoms with Gasteiger partial charge in [-0.25, -0.2) is 0 Å². The Morgan fingerprint density at radius 2 is 1.95 bits per heavy atom. The summed E-state index contributed by atoms with van der Waals surface area (Å²) in [6.45, 7) is 8.42. The lowest BCUT2D eigenvalue weighted by molar-refractivity contribution is 0.508. The molecule has 0 amide bonds. The highest BCUT2D eigenvalue weighted by Crippen LogP contribution is 2.25. The summed E-state index contributed by atoms with van der Waals surface area (Å²) in [6, 6.07) is 11.2. The fourth-order valence-corrected chi connectivity index (χ4v) is 3.32. The number of nitrogens with zero attached hydrogens (tertiary/aromatic N) is 2. The summed E-state index contributed by atoms with van der Waals surface area (Å²) < 4.78 is 2.13. The van der Waals surface area contributed by atoms with Crippen molar-refractivity contribution in [2.24, 2.45) is 0 Å². The molecule has 3 nitrogen and oxygen atoms in total. The Labute approximate surface area is 132 Å². The van der Waals surface area contributed by atoms with Gasteiger partial charge in [0.05, 0.1) is 11.7 Å². The largest absolute Gasteiger partial charge is 0.308 e. The van der Waals surface area contributed by atoms with E-state index in [-0.39, 0.29) is 0 Å². The van der Waals surface area contributed by atoms with E-state index in [0.29, 0.717) is 6.04 Å². The fraction of sp³-hybridized carbons (Fsp3) is 0.471. The zero-order valence-corrected chi connectivity index (χ0v) is 14.0. The van der Waals surface area contributed by atoms with Crippen molar-refractivity contribution in [2.45, 2.75) is 44.7 Å². The highest BCUT2D eigenvalue weighted by atomic mass is 32.2. The van der Waals surface area contributed by atoms with E-state index in [0.717, 1.165) is 25.3 Å². The van der Waals surface area contributed by atoms with Gasteiger partial charge in [0.2, 0.25) is 0 Å². The predicted octanol–water partition coefficient (Wildman–Crippen LogP) is 4.04. The lowest BCUT2D eigenvalue weighted by Crippen LogP contribution is -2.25. The molecule has 114 valence electrons. The summed E-state index contributed by atoms with van der Waals surface area (Å²) in [5.41, 5.74) is 2.60. The van der Waals surface area contributed by atoms with Gasteiger partial charge < -0.3 is 5.32 Å². The SMILES string of the molecule is CCCn1nccc1C(CSc1ccc(C)cc1)NCC. The first kappa shape index (κ1) is 16.1. The molecule has 1 N–H and O–H groups in total. The Morgan fingerprint density at radius 3 is 2.62 bits per heavy atom. The maximum Gasteiger partial charge on any atom is 0.0587 e.